The number of hydrogen-bond acceptors (Lipinski definition) is 5. The third-order valence-corrected chi connectivity index (χ3v) is 2.38. The van der Waals surface area contributed by atoms with Crippen LogP contribution in [0.2, 0.25) is 0 Å². The Kier molecular flexibility index (Phi) is 1.67. The van der Waals surface area contributed by atoms with Crippen LogP contribution in [-0.4, -0.2) is 25.5 Å². The molecular weight excluding hydrogens is 208 g/mol. The van der Waals surface area contributed by atoms with Crippen LogP contribution in [0.5, 0.6) is 0 Å². The highest BCUT2D eigenvalue weighted by Crippen LogP contribution is 2.16. The predicted octanol–water partition coefficient (Wildman–Crippen LogP) is -0.349. The van der Waals surface area contributed by atoms with E-state index in [9.17, 15) is 4.79 Å². The average molecular weight is 216 g/mol. The van der Waals surface area contributed by atoms with Gasteiger partial charge in [-0.25, -0.2) is 4.98 Å². The molecule has 1 aliphatic rings. The molecule has 2 aromatic heterocycles. The molecule has 3 heterocycles. The van der Waals surface area contributed by atoms with Crippen LogP contribution < -0.4 is 10.9 Å². The Morgan fingerprint density at radius 3 is 3.19 bits per heavy atom. The fourth-order valence-corrected chi connectivity index (χ4v) is 1.70. The number of nitrogens with one attached hydrogen (secondary N) is 2. The highest BCUT2D eigenvalue weighted by Gasteiger charge is 2.19. The highest BCUT2D eigenvalue weighted by molar-refractivity contribution is 5.98. The maximum absolute atomic E-state index is 11.8. The van der Waals surface area contributed by atoms with Gasteiger partial charge in [-0.15, -0.1) is 0 Å². The van der Waals surface area contributed by atoms with E-state index in [0.717, 1.165) is 0 Å². The SMILES string of the molecule is Cc1nc2ncnn2c2c1C(=O)NNC=C2. The number of nitrogens with zero attached hydrogens (tertiary/aromatic N) is 4. The number of carbonyl (C=O) groups excluding carboxylic acids is 1. The van der Waals surface area contributed by atoms with Crippen LogP contribution in [0.4, 0.5) is 0 Å². The van der Waals surface area contributed by atoms with E-state index in [1.807, 2.05) is 0 Å². The lowest BCUT2D eigenvalue weighted by atomic mass is 10.1. The van der Waals surface area contributed by atoms with E-state index in [4.69, 9.17) is 0 Å². The van der Waals surface area contributed by atoms with Crippen LogP contribution in [0, 0.1) is 6.92 Å². The molecular formula is C9H8N6O. The summed E-state index contributed by atoms with van der Waals surface area (Å²) in [7, 11) is 0. The smallest absolute Gasteiger partial charge is 0.273 e. The largest absolute Gasteiger partial charge is 0.306 e. The summed E-state index contributed by atoms with van der Waals surface area (Å²) in [4.78, 5) is 20.0. The van der Waals surface area contributed by atoms with Crippen LogP contribution in [0.25, 0.3) is 11.9 Å². The number of amides is 1. The zero-order valence-electron chi connectivity index (χ0n) is 8.43. The Labute approximate surface area is 90.2 Å². The molecule has 7 heteroatoms. The fraction of sp³-hybridized carbons (Fsp3) is 0.111. The maximum Gasteiger partial charge on any atom is 0.273 e. The molecule has 80 valence electrons. The second-order valence-corrected chi connectivity index (χ2v) is 3.36. The molecule has 3 rings (SSSR count). The van der Waals surface area contributed by atoms with Crippen LogP contribution in [-0.2, 0) is 0 Å². The number of rotatable bonds is 0. The summed E-state index contributed by atoms with van der Waals surface area (Å²) in [5, 5.41) is 4.03. The molecule has 0 radical (unpaired) electrons. The maximum atomic E-state index is 11.8. The number of hydrazine groups is 1. The number of hydrogen-bond donors (Lipinski definition) is 2. The van der Waals surface area contributed by atoms with Gasteiger partial charge in [-0.05, 0) is 13.0 Å². The molecule has 7 nitrogen and oxygen atoms in total. The van der Waals surface area contributed by atoms with Crippen molar-refractivity contribution in [1.29, 1.82) is 0 Å². The molecule has 0 atom stereocenters. The molecule has 0 aromatic carbocycles. The summed E-state index contributed by atoms with van der Waals surface area (Å²) in [6, 6.07) is 0. The molecule has 0 unspecified atom stereocenters. The minimum Gasteiger partial charge on any atom is -0.306 e. The second-order valence-electron chi connectivity index (χ2n) is 3.36. The van der Waals surface area contributed by atoms with Gasteiger partial charge in [0.1, 0.15) is 6.33 Å². The number of carbonyl (C=O) groups is 1. The first-order chi connectivity index (χ1) is 7.77. The summed E-state index contributed by atoms with van der Waals surface area (Å²) in [6.45, 7) is 1.77. The van der Waals surface area contributed by atoms with Gasteiger partial charge >= 0.3 is 0 Å². The van der Waals surface area contributed by atoms with Gasteiger partial charge in [0, 0.05) is 6.20 Å². The first-order valence-corrected chi connectivity index (χ1v) is 4.70. The van der Waals surface area contributed by atoms with Crippen molar-refractivity contribution in [2.75, 3.05) is 0 Å². The zero-order valence-corrected chi connectivity index (χ0v) is 8.43. The molecule has 1 aliphatic heterocycles. The Morgan fingerprint density at radius 1 is 1.44 bits per heavy atom. The van der Waals surface area contributed by atoms with Crippen molar-refractivity contribution in [2.45, 2.75) is 6.92 Å². The predicted molar refractivity (Wildman–Crippen MR) is 55.2 cm³/mol. The van der Waals surface area contributed by atoms with Gasteiger partial charge in [0.05, 0.1) is 17.0 Å². The van der Waals surface area contributed by atoms with E-state index in [1.54, 1.807) is 19.2 Å². The van der Waals surface area contributed by atoms with E-state index in [0.29, 0.717) is 22.7 Å². The first-order valence-electron chi connectivity index (χ1n) is 4.70. The van der Waals surface area contributed by atoms with E-state index in [-0.39, 0.29) is 5.91 Å². The summed E-state index contributed by atoms with van der Waals surface area (Å²) in [6.07, 6.45) is 4.79. The fourth-order valence-electron chi connectivity index (χ4n) is 1.70. The van der Waals surface area contributed by atoms with Gasteiger partial charge in [-0.1, -0.05) is 0 Å². The zero-order chi connectivity index (χ0) is 11.1. The molecule has 0 aliphatic carbocycles. The Balaban J connectivity index is 2.45. The van der Waals surface area contributed by atoms with E-state index in [2.05, 4.69) is 25.9 Å². The molecule has 2 N–H and O–H groups in total. The summed E-state index contributed by atoms with van der Waals surface area (Å²) < 4.78 is 1.53. The monoisotopic (exact) mass is 216 g/mol. The van der Waals surface area contributed by atoms with E-state index >= 15 is 0 Å². The number of aryl methyl sites for hydroxylation is 1. The minimum absolute atomic E-state index is 0.234. The minimum atomic E-state index is -0.234. The van der Waals surface area contributed by atoms with Gasteiger partial charge < -0.3 is 5.43 Å². The number of aromatic nitrogens is 4. The van der Waals surface area contributed by atoms with Crippen molar-refractivity contribution < 1.29 is 4.79 Å². The number of fused-ring (bicyclic) bond motifs is 3. The Bertz CT molecular complexity index is 614. The summed E-state index contributed by atoms with van der Waals surface area (Å²) in [5.41, 5.74) is 6.97. The third-order valence-electron chi connectivity index (χ3n) is 2.38. The molecule has 0 bridgehead atoms. The van der Waals surface area contributed by atoms with Crippen molar-refractivity contribution in [2.24, 2.45) is 0 Å². The lowest BCUT2D eigenvalue weighted by Gasteiger charge is -2.07. The second kappa shape index (κ2) is 3.02. The lowest BCUT2D eigenvalue weighted by Crippen LogP contribution is -2.33. The summed E-state index contributed by atoms with van der Waals surface area (Å²) >= 11 is 0. The Hall–Kier alpha value is -2.44. The quantitative estimate of drug-likeness (QED) is 0.629. The molecule has 0 spiro atoms. The van der Waals surface area contributed by atoms with Gasteiger partial charge in [-0.2, -0.15) is 14.6 Å². The van der Waals surface area contributed by atoms with Crippen molar-refractivity contribution >= 4 is 17.8 Å². The standard InChI is InChI=1S/C9H8N6O/c1-5-7-6(2-3-11-14-8(7)16)15-9(13-5)10-4-12-15/h2-4,11H,1H3,(H,14,16). The average Bonchev–Trinajstić information content (AvgIpc) is 2.62. The van der Waals surface area contributed by atoms with Crippen LogP contribution in [0.3, 0.4) is 0 Å². The van der Waals surface area contributed by atoms with Crippen molar-refractivity contribution in [1.82, 2.24) is 30.4 Å². The third kappa shape index (κ3) is 1.08. The molecule has 2 aromatic rings. The van der Waals surface area contributed by atoms with E-state index in [1.165, 1.54) is 10.8 Å². The molecule has 0 fully saturated rings. The summed E-state index contributed by atoms with van der Waals surface area (Å²) in [5.74, 6) is 0.248. The van der Waals surface area contributed by atoms with Gasteiger partial charge in [0.15, 0.2) is 0 Å². The molecule has 1 amide bonds. The van der Waals surface area contributed by atoms with Crippen molar-refractivity contribution in [3.05, 3.63) is 29.5 Å². The van der Waals surface area contributed by atoms with Gasteiger partial charge in [0.25, 0.3) is 11.7 Å². The van der Waals surface area contributed by atoms with Gasteiger partial charge in [0.2, 0.25) is 0 Å². The lowest BCUT2D eigenvalue weighted by molar-refractivity contribution is 0.0940. The van der Waals surface area contributed by atoms with Crippen LogP contribution in [0.15, 0.2) is 12.5 Å². The van der Waals surface area contributed by atoms with Crippen molar-refractivity contribution in [3.63, 3.8) is 0 Å². The van der Waals surface area contributed by atoms with Crippen LogP contribution >= 0.6 is 0 Å². The topological polar surface area (TPSA) is 84.2 Å². The van der Waals surface area contributed by atoms with Crippen molar-refractivity contribution in [3.8, 4) is 0 Å². The molecule has 16 heavy (non-hydrogen) atoms. The van der Waals surface area contributed by atoms with Crippen LogP contribution in [0.1, 0.15) is 21.7 Å². The molecule has 0 saturated heterocycles. The van der Waals surface area contributed by atoms with Gasteiger partial charge in [-0.3, -0.25) is 10.2 Å². The highest BCUT2D eigenvalue weighted by atomic mass is 16.2. The Morgan fingerprint density at radius 2 is 2.31 bits per heavy atom. The molecule has 0 saturated carbocycles. The first kappa shape index (κ1) is 8.84. The normalized spacial score (nSPS) is 14.2. The van der Waals surface area contributed by atoms with E-state index < -0.39 is 0 Å².